The average Bonchev–Trinajstić information content (AvgIpc) is 3.13. The normalized spacial score (nSPS) is 15.9. The van der Waals surface area contributed by atoms with E-state index in [0.29, 0.717) is 5.02 Å². The van der Waals surface area contributed by atoms with E-state index in [-0.39, 0.29) is 35.7 Å². The Labute approximate surface area is 218 Å². The molecule has 8 nitrogen and oxygen atoms in total. The zero-order valence-corrected chi connectivity index (χ0v) is 21.2. The molecule has 0 bridgehead atoms. The highest BCUT2D eigenvalue weighted by Crippen LogP contribution is 2.31. The minimum atomic E-state index is -4.29. The fourth-order valence-corrected chi connectivity index (χ4v) is 5.85. The fourth-order valence-electron chi connectivity index (χ4n) is 4.06. The number of imide groups is 1. The molecule has 1 heterocycles. The number of hydrogen-bond acceptors (Lipinski definition) is 6. The molecule has 1 atom stereocenters. The van der Waals surface area contributed by atoms with Gasteiger partial charge in [-0.05, 0) is 72.6 Å². The molecule has 2 amide bonds. The number of halogens is 2. The Morgan fingerprint density at radius 1 is 1.08 bits per heavy atom. The van der Waals surface area contributed by atoms with Gasteiger partial charge in [0.1, 0.15) is 17.6 Å². The number of ether oxygens (including phenoxy) is 1. The van der Waals surface area contributed by atoms with E-state index >= 15 is 0 Å². The van der Waals surface area contributed by atoms with Gasteiger partial charge >= 0.3 is 5.97 Å². The van der Waals surface area contributed by atoms with Crippen LogP contribution in [0.5, 0.6) is 5.75 Å². The van der Waals surface area contributed by atoms with E-state index in [1.807, 2.05) is 0 Å². The maximum Gasteiger partial charge on any atom is 0.308 e. The molecule has 3 aromatic carbocycles. The molecule has 11 heteroatoms. The van der Waals surface area contributed by atoms with E-state index in [0.717, 1.165) is 39.0 Å². The molecule has 192 valence electrons. The quantitative estimate of drug-likeness (QED) is 0.242. The van der Waals surface area contributed by atoms with Gasteiger partial charge in [-0.25, -0.2) is 17.7 Å². The van der Waals surface area contributed by atoms with Crippen molar-refractivity contribution >= 4 is 45.1 Å². The zero-order valence-electron chi connectivity index (χ0n) is 19.6. The maximum absolute atomic E-state index is 13.6. The van der Waals surface area contributed by atoms with E-state index in [1.54, 1.807) is 24.3 Å². The summed E-state index contributed by atoms with van der Waals surface area (Å²) in [6.07, 6.45) is -0.156. The standard InChI is InChI=1S/C26H22ClFN2O6S/c1-17(31)36-22-9-7-21(8-10-22)30-25(32)16-24(26(30)33)29(14-13-18-3-2-4-19(27)15-18)37(34,35)23-11-5-20(28)6-12-23/h2-12,15,24H,13-14,16H2,1H3. The summed E-state index contributed by atoms with van der Waals surface area (Å²) in [5.41, 5.74) is 0.948. The molecule has 1 aliphatic heterocycles. The van der Waals surface area contributed by atoms with Crippen LogP contribution in [0.4, 0.5) is 10.1 Å². The zero-order chi connectivity index (χ0) is 26.7. The van der Waals surface area contributed by atoms with Crippen molar-refractivity contribution in [2.75, 3.05) is 11.4 Å². The van der Waals surface area contributed by atoms with Gasteiger partial charge < -0.3 is 4.74 Å². The largest absolute Gasteiger partial charge is 0.427 e. The lowest BCUT2D eigenvalue weighted by atomic mass is 10.1. The Balaban J connectivity index is 1.66. The summed E-state index contributed by atoms with van der Waals surface area (Å²) in [5.74, 6) is -2.21. The summed E-state index contributed by atoms with van der Waals surface area (Å²) in [6, 6.07) is 15.5. The molecule has 1 fully saturated rings. The average molecular weight is 545 g/mol. The molecule has 0 saturated carbocycles. The lowest BCUT2D eigenvalue weighted by Crippen LogP contribution is -2.46. The molecule has 0 radical (unpaired) electrons. The molecular weight excluding hydrogens is 523 g/mol. The van der Waals surface area contributed by atoms with Gasteiger partial charge in [0.05, 0.1) is 17.0 Å². The van der Waals surface area contributed by atoms with Crippen LogP contribution in [-0.4, -0.2) is 43.1 Å². The van der Waals surface area contributed by atoms with Crippen LogP contribution in [0.2, 0.25) is 5.02 Å². The molecule has 1 aliphatic rings. The number of carbonyl (C=O) groups is 3. The third kappa shape index (κ3) is 5.87. The molecular formula is C26H22ClFN2O6S. The second-order valence-corrected chi connectivity index (χ2v) is 10.7. The van der Waals surface area contributed by atoms with Crippen molar-refractivity contribution in [3.63, 3.8) is 0 Å². The number of carbonyl (C=O) groups excluding carboxylic acids is 3. The van der Waals surface area contributed by atoms with Crippen molar-refractivity contribution < 1.29 is 31.9 Å². The first-order valence-electron chi connectivity index (χ1n) is 11.2. The number of nitrogens with zero attached hydrogens (tertiary/aromatic N) is 2. The van der Waals surface area contributed by atoms with Crippen molar-refractivity contribution in [2.45, 2.75) is 30.7 Å². The van der Waals surface area contributed by atoms with Gasteiger partial charge in [0.25, 0.3) is 5.91 Å². The molecule has 0 aromatic heterocycles. The Bertz CT molecular complexity index is 1440. The van der Waals surface area contributed by atoms with Gasteiger partial charge in [0.2, 0.25) is 15.9 Å². The lowest BCUT2D eigenvalue weighted by Gasteiger charge is -2.27. The van der Waals surface area contributed by atoms with Gasteiger partial charge in [-0.2, -0.15) is 4.31 Å². The van der Waals surface area contributed by atoms with Gasteiger partial charge in [0.15, 0.2) is 0 Å². The highest BCUT2D eigenvalue weighted by Gasteiger charge is 2.46. The van der Waals surface area contributed by atoms with Gasteiger partial charge in [0, 0.05) is 18.5 Å². The van der Waals surface area contributed by atoms with E-state index in [4.69, 9.17) is 16.3 Å². The topological polar surface area (TPSA) is 101 Å². The summed E-state index contributed by atoms with van der Waals surface area (Å²) < 4.78 is 46.7. The van der Waals surface area contributed by atoms with Gasteiger partial charge in [-0.15, -0.1) is 0 Å². The minimum Gasteiger partial charge on any atom is -0.427 e. The summed E-state index contributed by atoms with van der Waals surface area (Å²) >= 11 is 6.06. The van der Waals surface area contributed by atoms with E-state index in [1.165, 1.54) is 31.2 Å². The number of hydrogen-bond donors (Lipinski definition) is 0. The van der Waals surface area contributed by atoms with Crippen molar-refractivity contribution in [3.05, 3.63) is 89.2 Å². The number of amides is 2. The highest BCUT2D eigenvalue weighted by molar-refractivity contribution is 7.89. The molecule has 0 spiro atoms. The summed E-state index contributed by atoms with van der Waals surface area (Å²) in [6.45, 7) is 1.12. The summed E-state index contributed by atoms with van der Waals surface area (Å²) in [4.78, 5) is 38.2. The number of anilines is 1. The fraction of sp³-hybridized carbons (Fsp3) is 0.192. The maximum atomic E-state index is 13.6. The van der Waals surface area contributed by atoms with Crippen LogP contribution in [-0.2, 0) is 30.8 Å². The minimum absolute atomic E-state index is 0.122. The smallest absolute Gasteiger partial charge is 0.308 e. The summed E-state index contributed by atoms with van der Waals surface area (Å²) in [5, 5.41) is 0.473. The number of esters is 1. The van der Waals surface area contributed by atoms with Crippen molar-refractivity contribution in [2.24, 2.45) is 0 Å². The first-order valence-corrected chi connectivity index (χ1v) is 13.1. The molecule has 1 saturated heterocycles. The predicted octanol–water partition coefficient (Wildman–Crippen LogP) is 3.97. The molecule has 0 aliphatic carbocycles. The number of sulfonamides is 1. The number of benzene rings is 3. The number of rotatable bonds is 8. The van der Waals surface area contributed by atoms with Crippen molar-refractivity contribution in [1.29, 1.82) is 0 Å². The van der Waals surface area contributed by atoms with Gasteiger partial charge in [-0.1, -0.05) is 23.7 Å². The predicted molar refractivity (Wildman–Crippen MR) is 134 cm³/mol. The van der Waals surface area contributed by atoms with Crippen molar-refractivity contribution in [3.8, 4) is 5.75 Å². The van der Waals surface area contributed by atoms with Gasteiger partial charge in [-0.3, -0.25) is 14.4 Å². The van der Waals surface area contributed by atoms with E-state index in [2.05, 4.69) is 0 Å². The van der Waals surface area contributed by atoms with Crippen LogP contribution in [0, 0.1) is 5.82 Å². The monoisotopic (exact) mass is 544 g/mol. The second kappa shape index (κ2) is 10.8. The Morgan fingerprint density at radius 2 is 1.76 bits per heavy atom. The molecule has 4 rings (SSSR count). The van der Waals surface area contributed by atoms with Crippen LogP contribution in [0.25, 0.3) is 0 Å². The molecule has 37 heavy (non-hydrogen) atoms. The summed E-state index contributed by atoms with van der Waals surface area (Å²) in [7, 11) is -4.29. The molecule has 1 unspecified atom stereocenters. The van der Waals surface area contributed by atoms with Crippen molar-refractivity contribution in [1.82, 2.24) is 4.31 Å². The Kier molecular flexibility index (Phi) is 7.72. The highest BCUT2D eigenvalue weighted by atomic mass is 35.5. The van der Waals surface area contributed by atoms with Crippen LogP contribution >= 0.6 is 11.6 Å². The Hall–Kier alpha value is -3.60. The molecule has 3 aromatic rings. The molecule has 0 N–H and O–H groups in total. The first-order chi connectivity index (χ1) is 17.6. The third-order valence-electron chi connectivity index (χ3n) is 5.76. The SMILES string of the molecule is CC(=O)Oc1ccc(N2C(=O)CC(N(CCc3cccc(Cl)c3)S(=O)(=O)c3ccc(F)cc3)C2=O)cc1. The van der Waals surface area contributed by atoms with E-state index in [9.17, 15) is 27.2 Å². The third-order valence-corrected chi connectivity index (χ3v) is 7.91. The van der Waals surface area contributed by atoms with Crippen LogP contribution in [0.15, 0.2) is 77.7 Å². The van der Waals surface area contributed by atoms with Crippen LogP contribution in [0.1, 0.15) is 18.9 Å². The lowest BCUT2D eigenvalue weighted by molar-refractivity contribution is -0.132. The second-order valence-electron chi connectivity index (χ2n) is 8.32. The van der Waals surface area contributed by atoms with Crippen LogP contribution < -0.4 is 9.64 Å². The van der Waals surface area contributed by atoms with Crippen LogP contribution in [0.3, 0.4) is 0 Å². The first kappa shape index (κ1) is 26.5. The van der Waals surface area contributed by atoms with E-state index < -0.39 is 39.7 Å². The Morgan fingerprint density at radius 3 is 2.38 bits per heavy atom.